The van der Waals surface area contributed by atoms with Crippen molar-refractivity contribution in [1.82, 2.24) is 14.8 Å². The van der Waals surface area contributed by atoms with E-state index in [1.54, 1.807) is 25.0 Å². The van der Waals surface area contributed by atoms with E-state index in [4.69, 9.17) is 19.5 Å². The Labute approximate surface area is 208 Å². The molecule has 1 aliphatic heterocycles. The van der Waals surface area contributed by atoms with Gasteiger partial charge in [-0.25, -0.2) is 4.99 Å². The molecule has 5 rings (SSSR count). The first-order valence-electron chi connectivity index (χ1n) is 12.1. The second-order valence-electron chi connectivity index (χ2n) is 8.71. The minimum atomic E-state index is -0.152. The first-order valence-corrected chi connectivity index (χ1v) is 12.1. The maximum Gasteiger partial charge on any atom is 0.267 e. The lowest BCUT2D eigenvalue weighted by molar-refractivity contribution is 0.354. The first kappa shape index (κ1) is 23.5. The SMILES string of the molecule is CCC1CC=c2c(n(-c3ccccc3)c(=O)c3cn[nH]c23)=NC1=NCCc1ccc(OC)c(OC)c1. The smallest absolute Gasteiger partial charge is 0.267 e. The maximum atomic E-state index is 13.5. The van der Waals surface area contributed by atoms with Gasteiger partial charge in [-0.1, -0.05) is 37.3 Å². The van der Waals surface area contributed by atoms with E-state index in [1.165, 1.54) is 0 Å². The molecule has 3 heterocycles. The number of rotatable bonds is 7. The van der Waals surface area contributed by atoms with Crippen molar-refractivity contribution >= 4 is 22.8 Å². The molecule has 0 radical (unpaired) electrons. The van der Waals surface area contributed by atoms with Gasteiger partial charge >= 0.3 is 0 Å². The molecule has 2 aromatic carbocycles. The van der Waals surface area contributed by atoms with Crippen molar-refractivity contribution < 1.29 is 9.47 Å². The number of aliphatic imine (C=N–C) groups is 1. The highest BCUT2D eigenvalue weighted by Gasteiger charge is 2.19. The number of aromatic nitrogens is 3. The molecule has 36 heavy (non-hydrogen) atoms. The van der Waals surface area contributed by atoms with E-state index in [0.717, 1.165) is 41.6 Å². The van der Waals surface area contributed by atoms with Crippen LogP contribution in [-0.4, -0.2) is 41.4 Å². The van der Waals surface area contributed by atoms with Gasteiger partial charge in [0, 0.05) is 17.7 Å². The molecule has 1 unspecified atom stereocenters. The topological polar surface area (TPSA) is 93.9 Å². The lowest BCUT2D eigenvalue weighted by atomic mass is 10.0. The normalized spacial score (nSPS) is 16.2. The van der Waals surface area contributed by atoms with E-state index in [-0.39, 0.29) is 11.5 Å². The molecule has 1 aliphatic rings. The van der Waals surface area contributed by atoms with Gasteiger partial charge in [-0.05, 0) is 49.1 Å². The van der Waals surface area contributed by atoms with Crippen molar-refractivity contribution in [2.24, 2.45) is 15.9 Å². The van der Waals surface area contributed by atoms with Crippen LogP contribution in [0.5, 0.6) is 11.5 Å². The van der Waals surface area contributed by atoms with Crippen molar-refractivity contribution in [1.29, 1.82) is 0 Å². The summed E-state index contributed by atoms with van der Waals surface area (Å²) in [6.45, 7) is 2.71. The highest BCUT2D eigenvalue weighted by molar-refractivity contribution is 5.87. The number of hydrogen-bond acceptors (Lipinski definition) is 5. The molecule has 0 bridgehead atoms. The Bertz CT molecular complexity index is 1600. The molecule has 0 saturated heterocycles. The molecule has 8 heteroatoms. The minimum absolute atomic E-state index is 0.152. The van der Waals surface area contributed by atoms with E-state index in [1.807, 2.05) is 48.5 Å². The third-order valence-electron chi connectivity index (χ3n) is 6.62. The van der Waals surface area contributed by atoms with Crippen molar-refractivity contribution in [3.63, 3.8) is 0 Å². The third kappa shape index (κ3) is 4.30. The molecule has 0 fully saturated rings. The summed E-state index contributed by atoms with van der Waals surface area (Å²) in [4.78, 5) is 23.5. The van der Waals surface area contributed by atoms with Crippen LogP contribution in [0.4, 0.5) is 0 Å². The second kappa shape index (κ2) is 10.2. The summed E-state index contributed by atoms with van der Waals surface area (Å²) >= 11 is 0. The number of pyridine rings is 1. The number of para-hydroxylation sites is 1. The fraction of sp³-hybridized carbons (Fsp3) is 0.286. The number of aromatic amines is 1. The summed E-state index contributed by atoms with van der Waals surface area (Å²) in [6.07, 6.45) is 6.15. The van der Waals surface area contributed by atoms with Gasteiger partial charge in [0.05, 0.1) is 37.0 Å². The van der Waals surface area contributed by atoms with Crippen LogP contribution in [-0.2, 0) is 6.42 Å². The number of nitrogens with one attached hydrogen (secondary N) is 1. The van der Waals surface area contributed by atoms with E-state index in [2.05, 4.69) is 23.2 Å². The zero-order valence-electron chi connectivity index (χ0n) is 20.7. The molecule has 0 aliphatic carbocycles. The van der Waals surface area contributed by atoms with Crippen molar-refractivity contribution in [2.75, 3.05) is 20.8 Å². The van der Waals surface area contributed by atoms with Gasteiger partial charge in [0.25, 0.3) is 5.56 Å². The van der Waals surface area contributed by atoms with Gasteiger partial charge < -0.3 is 9.47 Å². The number of hydrogen-bond donors (Lipinski definition) is 1. The van der Waals surface area contributed by atoms with Crippen molar-refractivity contribution in [3.8, 4) is 17.2 Å². The molecule has 184 valence electrons. The summed E-state index contributed by atoms with van der Waals surface area (Å²) in [6, 6.07) is 15.5. The Hall–Kier alpha value is -4.20. The molecular weight excluding hydrogens is 454 g/mol. The van der Waals surface area contributed by atoms with Crippen LogP contribution in [0.3, 0.4) is 0 Å². The van der Waals surface area contributed by atoms with Gasteiger partial charge in [-0.2, -0.15) is 5.10 Å². The average molecular weight is 484 g/mol. The summed E-state index contributed by atoms with van der Waals surface area (Å²) in [5, 5.41) is 8.60. The highest BCUT2D eigenvalue weighted by atomic mass is 16.5. The number of methoxy groups -OCH3 is 2. The van der Waals surface area contributed by atoms with Crippen LogP contribution in [0.1, 0.15) is 25.3 Å². The number of benzene rings is 2. The van der Waals surface area contributed by atoms with Crippen LogP contribution in [0.15, 0.2) is 69.5 Å². The Balaban J connectivity index is 1.61. The molecule has 1 atom stereocenters. The average Bonchev–Trinajstić information content (AvgIpc) is 3.34. The minimum Gasteiger partial charge on any atom is -0.493 e. The Morgan fingerprint density at radius 1 is 1.11 bits per heavy atom. The third-order valence-corrected chi connectivity index (χ3v) is 6.62. The number of nitrogens with zero attached hydrogens (tertiary/aromatic N) is 4. The number of H-pyrrole nitrogens is 1. The van der Waals surface area contributed by atoms with Crippen molar-refractivity contribution in [3.05, 3.63) is 81.4 Å². The summed E-state index contributed by atoms with van der Waals surface area (Å²) in [7, 11) is 3.26. The lowest BCUT2D eigenvalue weighted by Gasteiger charge is -2.12. The zero-order valence-corrected chi connectivity index (χ0v) is 20.7. The van der Waals surface area contributed by atoms with Crippen LogP contribution in [0.2, 0.25) is 0 Å². The van der Waals surface area contributed by atoms with Gasteiger partial charge in [-0.3, -0.25) is 19.5 Å². The fourth-order valence-corrected chi connectivity index (χ4v) is 4.64. The van der Waals surface area contributed by atoms with Crippen molar-refractivity contribution in [2.45, 2.75) is 26.2 Å². The van der Waals surface area contributed by atoms with Gasteiger partial charge in [0.15, 0.2) is 17.0 Å². The molecule has 0 saturated carbocycles. The van der Waals surface area contributed by atoms with E-state index >= 15 is 0 Å². The number of amidine groups is 1. The molecule has 4 aromatic rings. The Morgan fingerprint density at radius 2 is 1.92 bits per heavy atom. The second-order valence-corrected chi connectivity index (χ2v) is 8.71. The zero-order chi connectivity index (χ0) is 25.1. The lowest BCUT2D eigenvalue weighted by Crippen LogP contribution is -2.43. The van der Waals surface area contributed by atoms with E-state index in [9.17, 15) is 4.79 Å². The predicted octanol–water partition coefficient (Wildman–Crippen LogP) is 3.20. The summed E-state index contributed by atoms with van der Waals surface area (Å²) < 4.78 is 12.4. The number of ether oxygens (including phenoxy) is 2. The summed E-state index contributed by atoms with van der Waals surface area (Å²) in [5.74, 6) is 2.32. The Kier molecular flexibility index (Phi) is 6.66. The maximum absolute atomic E-state index is 13.5. The van der Waals surface area contributed by atoms with Crippen LogP contribution in [0.25, 0.3) is 22.7 Å². The largest absolute Gasteiger partial charge is 0.493 e. The molecule has 8 nitrogen and oxygen atoms in total. The standard InChI is InChI=1S/C28H29N5O3/c1-4-19-11-12-21-25-22(17-30-32-25)28(34)33(20-8-6-5-7-9-20)27(21)31-26(19)29-15-14-18-10-13-23(35-2)24(16-18)36-3/h5-10,12-13,16-17,19H,4,11,14-15H2,1-3H3,(H,30,32). The highest BCUT2D eigenvalue weighted by Crippen LogP contribution is 2.27. The van der Waals surface area contributed by atoms with Crippen LogP contribution in [0, 0.1) is 5.92 Å². The molecule has 2 aromatic heterocycles. The van der Waals surface area contributed by atoms with Gasteiger partial charge in [0.1, 0.15) is 5.84 Å². The molecule has 0 amide bonds. The quantitative estimate of drug-likeness (QED) is 0.437. The molecular formula is C28H29N5O3. The first-order chi connectivity index (χ1) is 17.6. The van der Waals surface area contributed by atoms with Crippen LogP contribution < -0.4 is 25.7 Å². The Morgan fingerprint density at radius 3 is 2.67 bits per heavy atom. The van der Waals surface area contributed by atoms with Gasteiger partial charge in [-0.15, -0.1) is 0 Å². The summed E-state index contributed by atoms with van der Waals surface area (Å²) in [5.41, 5.74) is 3.02. The fourth-order valence-electron chi connectivity index (χ4n) is 4.64. The molecule has 0 spiro atoms. The monoisotopic (exact) mass is 483 g/mol. The number of fused-ring (bicyclic) bond motifs is 3. The predicted molar refractivity (Wildman–Crippen MR) is 141 cm³/mol. The van der Waals surface area contributed by atoms with Crippen LogP contribution >= 0.6 is 0 Å². The van der Waals surface area contributed by atoms with Gasteiger partial charge in [0.2, 0.25) is 0 Å². The van der Waals surface area contributed by atoms with E-state index < -0.39 is 0 Å². The molecule has 1 N–H and O–H groups in total. The van der Waals surface area contributed by atoms with E-state index in [0.29, 0.717) is 34.4 Å².